The highest BCUT2D eigenvalue weighted by atomic mass is 31.2. The predicted octanol–water partition coefficient (Wildman–Crippen LogP) is 9.10. The Morgan fingerprint density at radius 3 is 1.31 bits per heavy atom. The first-order valence-corrected chi connectivity index (χ1v) is 17.1. The van der Waals surface area contributed by atoms with E-state index >= 15 is 4.57 Å². The van der Waals surface area contributed by atoms with E-state index in [1.54, 1.807) is 36.4 Å². The molecule has 0 unspecified atom stereocenters. The Bertz CT molecular complexity index is 2380. The smallest absolute Gasteiger partial charge is 0.171 e. The van der Waals surface area contributed by atoms with E-state index in [9.17, 15) is 8.78 Å². The minimum atomic E-state index is -3.29. The van der Waals surface area contributed by atoms with Crippen LogP contribution in [0.25, 0.3) is 55.7 Å². The standard InChI is InChI=1S/C41H26F2N3OP/c42-37-24-22-35(31-18-7-9-20-33(31)37)40-44-39(45-41(46-40)36-23-25-38(43)34-21-10-8-19-32(34)36)27-12-11-17-30(26-27)48(47,28-13-3-1-4-14-28)29-15-5-2-6-16-29/h1-26H. The Labute approximate surface area is 275 Å². The largest absolute Gasteiger partial charge is 0.309 e. The number of hydrogen-bond acceptors (Lipinski definition) is 4. The van der Waals surface area contributed by atoms with Crippen LogP contribution < -0.4 is 15.9 Å². The average Bonchev–Trinajstić information content (AvgIpc) is 3.15. The molecule has 0 saturated heterocycles. The minimum Gasteiger partial charge on any atom is -0.309 e. The van der Waals surface area contributed by atoms with Crippen molar-refractivity contribution in [1.82, 2.24) is 15.0 Å². The van der Waals surface area contributed by atoms with E-state index in [1.807, 2.05) is 109 Å². The fourth-order valence-electron chi connectivity index (χ4n) is 6.22. The van der Waals surface area contributed by atoms with E-state index in [2.05, 4.69) is 0 Å². The monoisotopic (exact) mass is 645 g/mol. The summed E-state index contributed by atoms with van der Waals surface area (Å²) < 4.78 is 45.0. The van der Waals surface area contributed by atoms with Gasteiger partial charge in [0.2, 0.25) is 0 Å². The lowest BCUT2D eigenvalue weighted by Crippen LogP contribution is -2.25. The Morgan fingerprint density at radius 2 is 0.812 bits per heavy atom. The van der Waals surface area contributed by atoms with Gasteiger partial charge in [-0.25, -0.2) is 23.7 Å². The summed E-state index contributed by atoms with van der Waals surface area (Å²) in [7, 11) is -3.29. The molecule has 0 fully saturated rings. The molecule has 0 bridgehead atoms. The molecule has 4 nitrogen and oxygen atoms in total. The molecule has 48 heavy (non-hydrogen) atoms. The lowest BCUT2D eigenvalue weighted by atomic mass is 10.0. The topological polar surface area (TPSA) is 55.7 Å². The molecule has 0 spiro atoms. The van der Waals surface area contributed by atoms with Crippen molar-refractivity contribution in [2.45, 2.75) is 0 Å². The van der Waals surface area contributed by atoms with E-state index in [1.165, 1.54) is 12.1 Å². The SMILES string of the molecule is O=P(c1ccccc1)(c1ccccc1)c1cccc(-c2nc(-c3ccc(F)c4ccccc34)nc(-c3ccc(F)c4ccccc34)n2)c1. The van der Waals surface area contributed by atoms with E-state index in [-0.39, 0.29) is 11.6 Å². The molecule has 0 N–H and O–H groups in total. The maximum absolute atomic E-state index is 15.2. The third kappa shape index (κ3) is 5.07. The average molecular weight is 646 g/mol. The summed E-state index contributed by atoms with van der Waals surface area (Å²) in [5.41, 5.74) is 1.87. The lowest BCUT2D eigenvalue weighted by molar-refractivity contribution is 0.592. The van der Waals surface area contributed by atoms with Crippen molar-refractivity contribution in [2.75, 3.05) is 0 Å². The Balaban J connectivity index is 1.38. The van der Waals surface area contributed by atoms with Crippen LogP contribution in [0.4, 0.5) is 8.78 Å². The molecule has 0 aliphatic carbocycles. The zero-order chi connectivity index (χ0) is 32.7. The normalized spacial score (nSPS) is 11.6. The summed E-state index contributed by atoms with van der Waals surface area (Å²) in [5.74, 6) is 0.308. The van der Waals surface area contributed by atoms with Gasteiger partial charge in [0, 0.05) is 43.4 Å². The molecule has 0 aliphatic heterocycles. The van der Waals surface area contributed by atoms with Crippen molar-refractivity contribution in [3.63, 3.8) is 0 Å². The van der Waals surface area contributed by atoms with Gasteiger partial charge in [-0.2, -0.15) is 0 Å². The number of fused-ring (bicyclic) bond motifs is 2. The Morgan fingerprint density at radius 1 is 0.396 bits per heavy atom. The summed E-state index contributed by atoms with van der Waals surface area (Å²) in [6.07, 6.45) is 0. The highest BCUT2D eigenvalue weighted by Crippen LogP contribution is 2.43. The fourth-order valence-corrected chi connectivity index (χ4v) is 8.92. The Kier molecular flexibility index (Phi) is 7.43. The molecule has 1 heterocycles. The van der Waals surface area contributed by atoms with Crippen LogP contribution in [0.15, 0.2) is 158 Å². The van der Waals surface area contributed by atoms with Crippen molar-refractivity contribution in [3.8, 4) is 34.2 Å². The number of aromatic nitrogens is 3. The second kappa shape index (κ2) is 12.1. The van der Waals surface area contributed by atoms with Gasteiger partial charge in [-0.3, -0.25) is 0 Å². The van der Waals surface area contributed by atoms with E-state index < -0.39 is 7.14 Å². The van der Waals surface area contributed by atoms with Gasteiger partial charge in [0.15, 0.2) is 24.6 Å². The number of benzene rings is 7. The number of rotatable bonds is 6. The summed E-state index contributed by atoms with van der Waals surface area (Å²) in [6.45, 7) is 0. The zero-order valence-electron chi connectivity index (χ0n) is 25.5. The van der Waals surface area contributed by atoms with Crippen LogP contribution in [-0.2, 0) is 4.57 Å². The molecule has 0 aliphatic rings. The van der Waals surface area contributed by atoms with Gasteiger partial charge in [-0.05, 0) is 41.1 Å². The Hall–Kier alpha value is -5.84. The van der Waals surface area contributed by atoms with Gasteiger partial charge in [0.25, 0.3) is 0 Å². The summed E-state index contributed by atoms with van der Waals surface area (Å²) in [4.78, 5) is 14.8. The maximum atomic E-state index is 15.2. The molecule has 0 radical (unpaired) electrons. The third-order valence-corrected chi connectivity index (χ3v) is 11.6. The molecule has 230 valence electrons. The fraction of sp³-hybridized carbons (Fsp3) is 0. The second-order valence-corrected chi connectivity index (χ2v) is 14.2. The quantitative estimate of drug-likeness (QED) is 0.169. The molecule has 0 atom stereocenters. The molecular weight excluding hydrogens is 619 g/mol. The molecule has 7 heteroatoms. The minimum absolute atomic E-state index is 0.333. The van der Waals surface area contributed by atoms with Gasteiger partial charge >= 0.3 is 0 Å². The molecular formula is C41H26F2N3OP. The summed E-state index contributed by atoms with van der Waals surface area (Å²) >= 11 is 0. The highest BCUT2D eigenvalue weighted by molar-refractivity contribution is 7.85. The molecule has 7 aromatic carbocycles. The molecule has 1 aromatic heterocycles. The summed E-state index contributed by atoms with van der Waals surface area (Å²) in [6, 6.07) is 46.9. The van der Waals surface area contributed by atoms with Crippen molar-refractivity contribution < 1.29 is 13.3 Å². The van der Waals surface area contributed by atoms with Crippen LogP contribution in [0.3, 0.4) is 0 Å². The van der Waals surface area contributed by atoms with Gasteiger partial charge in [0.1, 0.15) is 11.6 Å². The molecule has 8 aromatic rings. The van der Waals surface area contributed by atoms with Crippen LogP contribution in [0, 0.1) is 11.6 Å². The van der Waals surface area contributed by atoms with Crippen molar-refractivity contribution in [2.24, 2.45) is 0 Å². The zero-order valence-corrected chi connectivity index (χ0v) is 26.4. The number of hydrogen-bond donors (Lipinski definition) is 0. The first kappa shape index (κ1) is 29.6. The van der Waals surface area contributed by atoms with Gasteiger partial charge in [0.05, 0.1) is 0 Å². The number of halogens is 2. The molecule has 8 rings (SSSR count). The number of nitrogens with zero attached hydrogens (tertiary/aromatic N) is 3. The molecule has 0 saturated carbocycles. The lowest BCUT2D eigenvalue weighted by Gasteiger charge is -2.20. The van der Waals surface area contributed by atoms with E-state index in [0.717, 1.165) is 0 Å². The van der Waals surface area contributed by atoms with E-state index in [4.69, 9.17) is 15.0 Å². The first-order valence-electron chi connectivity index (χ1n) is 15.4. The first-order chi connectivity index (χ1) is 23.5. The van der Waals surface area contributed by atoms with Crippen LogP contribution in [0.2, 0.25) is 0 Å². The van der Waals surface area contributed by atoms with Gasteiger partial charge in [-0.15, -0.1) is 0 Å². The van der Waals surface area contributed by atoms with E-state index in [0.29, 0.717) is 71.6 Å². The van der Waals surface area contributed by atoms with Crippen molar-refractivity contribution in [3.05, 3.63) is 169 Å². The second-order valence-electron chi connectivity index (χ2n) is 11.4. The van der Waals surface area contributed by atoms with Crippen LogP contribution in [0.5, 0.6) is 0 Å². The highest BCUT2D eigenvalue weighted by Gasteiger charge is 2.30. The van der Waals surface area contributed by atoms with Crippen LogP contribution >= 0.6 is 7.14 Å². The van der Waals surface area contributed by atoms with Crippen LogP contribution in [-0.4, -0.2) is 15.0 Å². The third-order valence-electron chi connectivity index (χ3n) is 8.57. The van der Waals surface area contributed by atoms with Crippen molar-refractivity contribution >= 4 is 44.6 Å². The van der Waals surface area contributed by atoms with Gasteiger partial charge < -0.3 is 4.57 Å². The predicted molar refractivity (Wildman–Crippen MR) is 190 cm³/mol. The van der Waals surface area contributed by atoms with Gasteiger partial charge in [-0.1, -0.05) is 127 Å². The van der Waals surface area contributed by atoms with Crippen molar-refractivity contribution in [1.29, 1.82) is 0 Å². The summed E-state index contributed by atoms with van der Waals surface area (Å²) in [5, 5.41) is 4.23. The van der Waals surface area contributed by atoms with Crippen LogP contribution in [0.1, 0.15) is 0 Å². The maximum Gasteiger partial charge on any atom is 0.171 e. The molecule has 0 amide bonds.